The van der Waals surface area contributed by atoms with Crippen LogP contribution in [0.15, 0.2) is 5.10 Å². The van der Waals surface area contributed by atoms with Gasteiger partial charge in [-0.2, -0.15) is 5.10 Å². The number of hydrazone groups is 1. The first-order valence-electron chi connectivity index (χ1n) is 4.99. The van der Waals surface area contributed by atoms with E-state index in [4.69, 9.17) is 5.11 Å². The molecule has 3 aliphatic rings. The lowest BCUT2D eigenvalue weighted by Gasteiger charge is -2.39. The molecule has 5 nitrogen and oxygen atoms in total. The van der Waals surface area contributed by atoms with Gasteiger partial charge in [0.2, 0.25) is 0 Å². The topological polar surface area (TPSA) is 64.9 Å². The van der Waals surface area contributed by atoms with Crippen LogP contribution in [0, 0.1) is 5.92 Å². The van der Waals surface area contributed by atoms with E-state index in [9.17, 15) is 4.79 Å². The minimum absolute atomic E-state index is 0.0871. The van der Waals surface area contributed by atoms with Crippen molar-refractivity contribution in [3.05, 3.63) is 0 Å². The fraction of sp³-hybridized carbons (Fsp3) is 0.778. The molecule has 3 rings (SSSR count). The lowest BCUT2D eigenvalue weighted by molar-refractivity contribution is -0.135. The maximum atomic E-state index is 10.3. The van der Waals surface area contributed by atoms with Crippen molar-refractivity contribution < 1.29 is 9.90 Å². The summed E-state index contributed by atoms with van der Waals surface area (Å²) in [4.78, 5) is 12.6. The van der Waals surface area contributed by atoms with Gasteiger partial charge in [0.1, 0.15) is 6.54 Å². The molecule has 5 heteroatoms. The van der Waals surface area contributed by atoms with Crippen LogP contribution in [0.25, 0.3) is 0 Å². The van der Waals surface area contributed by atoms with E-state index >= 15 is 0 Å². The molecule has 0 aromatic heterocycles. The number of rotatable bonds is 3. The number of hydrogen-bond donors (Lipinski definition) is 2. The lowest BCUT2D eigenvalue weighted by atomic mass is 9.87. The number of nitrogens with one attached hydrogen (secondary N) is 1. The van der Waals surface area contributed by atoms with E-state index in [1.807, 2.05) is 0 Å². The first-order valence-corrected chi connectivity index (χ1v) is 4.99. The van der Waals surface area contributed by atoms with Crippen molar-refractivity contribution in [3.8, 4) is 0 Å². The summed E-state index contributed by atoms with van der Waals surface area (Å²) in [6.45, 7) is 3.17. The Morgan fingerprint density at radius 2 is 2.29 bits per heavy atom. The fourth-order valence-electron chi connectivity index (χ4n) is 2.12. The Hall–Kier alpha value is -1.10. The van der Waals surface area contributed by atoms with Gasteiger partial charge in [-0.05, 0) is 25.9 Å². The second kappa shape index (κ2) is 3.96. The van der Waals surface area contributed by atoms with Gasteiger partial charge >= 0.3 is 5.97 Å². The highest BCUT2D eigenvalue weighted by Gasteiger charge is 2.30. The molecule has 2 bridgehead atoms. The Balaban J connectivity index is 1.88. The zero-order valence-corrected chi connectivity index (χ0v) is 8.07. The second-order valence-electron chi connectivity index (χ2n) is 3.88. The molecule has 0 radical (unpaired) electrons. The molecular weight excluding hydrogens is 182 g/mol. The fourth-order valence-corrected chi connectivity index (χ4v) is 2.12. The maximum Gasteiger partial charge on any atom is 0.324 e. The number of fused-ring (bicyclic) bond motifs is 3. The van der Waals surface area contributed by atoms with Crippen molar-refractivity contribution in [2.24, 2.45) is 11.0 Å². The summed E-state index contributed by atoms with van der Waals surface area (Å²) >= 11 is 0. The maximum absolute atomic E-state index is 10.3. The lowest BCUT2D eigenvalue weighted by Crippen LogP contribution is -2.48. The number of carbonyl (C=O) groups is 1. The Bertz CT molecular complexity index is 257. The minimum Gasteiger partial charge on any atom is -0.480 e. The molecule has 0 unspecified atom stereocenters. The minimum atomic E-state index is -0.865. The van der Waals surface area contributed by atoms with E-state index in [-0.39, 0.29) is 6.54 Å². The largest absolute Gasteiger partial charge is 0.480 e. The van der Waals surface area contributed by atoms with Crippen molar-refractivity contribution in [2.45, 2.75) is 12.8 Å². The van der Waals surface area contributed by atoms with Crippen molar-refractivity contribution in [3.63, 3.8) is 0 Å². The van der Waals surface area contributed by atoms with Crippen molar-refractivity contribution in [1.29, 1.82) is 0 Å². The van der Waals surface area contributed by atoms with Crippen molar-refractivity contribution in [1.82, 2.24) is 10.3 Å². The number of piperidine rings is 3. The molecule has 0 saturated carbocycles. The third kappa shape index (κ3) is 2.04. The molecule has 3 fully saturated rings. The zero-order valence-electron chi connectivity index (χ0n) is 8.07. The first-order chi connectivity index (χ1) is 6.75. The predicted octanol–water partition coefficient (Wildman–Crippen LogP) is -0.258. The average molecular weight is 197 g/mol. The van der Waals surface area contributed by atoms with E-state index in [0.29, 0.717) is 5.92 Å². The molecule has 0 atom stereocenters. The molecule has 0 aliphatic carbocycles. The molecule has 3 saturated heterocycles. The number of aliphatic carboxylic acids is 1. The molecular formula is C9H15N3O2. The molecule has 0 aromatic rings. The zero-order chi connectivity index (χ0) is 9.97. The summed E-state index contributed by atoms with van der Waals surface area (Å²) < 4.78 is 0. The van der Waals surface area contributed by atoms with Gasteiger partial charge in [-0.3, -0.25) is 15.1 Å². The number of carboxylic acids is 1. The average Bonchev–Trinajstić information content (AvgIpc) is 2.19. The molecule has 0 aromatic carbocycles. The van der Waals surface area contributed by atoms with E-state index < -0.39 is 5.97 Å². The number of carboxylic acid groups (broad SMARTS) is 1. The monoisotopic (exact) mass is 197 g/mol. The second-order valence-corrected chi connectivity index (χ2v) is 3.88. The summed E-state index contributed by atoms with van der Waals surface area (Å²) in [5, 5.41) is 12.6. The summed E-state index contributed by atoms with van der Waals surface area (Å²) in [6, 6.07) is 0. The Morgan fingerprint density at radius 1 is 1.57 bits per heavy atom. The Labute approximate surface area is 82.8 Å². The molecule has 2 N–H and O–H groups in total. The third-order valence-electron chi connectivity index (χ3n) is 2.90. The molecule has 3 heterocycles. The quantitative estimate of drug-likeness (QED) is 0.612. The summed E-state index contributed by atoms with van der Waals surface area (Å²) in [5.41, 5.74) is 3.73. The van der Waals surface area contributed by atoms with Crippen LogP contribution < -0.4 is 5.43 Å². The van der Waals surface area contributed by atoms with Gasteiger partial charge in [0, 0.05) is 12.5 Å². The molecule has 0 spiro atoms. The predicted molar refractivity (Wildman–Crippen MR) is 52.2 cm³/mol. The highest BCUT2D eigenvalue weighted by atomic mass is 16.4. The van der Waals surface area contributed by atoms with Gasteiger partial charge in [-0.15, -0.1) is 0 Å². The van der Waals surface area contributed by atoms with Crippen LogP contribution >= 0.6 is 0 Å². The van der Waals surface area contributed by atoms with Crippen LogP contribution in [0.3, 0.4) is 0 Å². The molecule has 14 heavy (non-hydrogen) atoms. The Kier molecular flexibility index (Phi) is 2.67. The normalized spacial score (nSPS) is 33.3. The number of hydrogen-bond acceptors (Lipinski definition) is 4. The molecule has 3 aliphatic heterocycles. The standard InChI is InChI=1S/C9H15N3O2/c13-9(14)5-10-11-8-6-12-3-1-7(8)2-4-12/h7,10H,1-6H2,(H,13,14)/b11-8-. The van der Waals surface area contributed by atoms with Crippen LogP contribution in [0.2, 0.25) is 0 Å². The van der Waals surface area contributed by atoms with Crippen LogP contribution in [0.1, 0.15) is 12.8 Å². The smallest absolute Gasteiger partial charge is 0.324 e. The highest BCUT2D eigenvalue weighted by Crippen LogP contribution is 2.24. The number of nitrogens with zero attached hydrogens (tertiary/aromatic N) is 2. The van der Waals surface area contributed by atoms with Gasteiger partial charge in [-0.25, -0.2) is 0 Å². The van der Waals surface area contributed by atoms with Gasteiger partial charge in [0.05, 0.1) is 5.71 Å². The summed E-state index contributed by atoms with van der Waals surface area (Å²) in [5.74, 6) is -0.281. The van der Waals surface area contributed by atoms with Crippen LogP contribution in [0.5, 0.6) is 0 Å². The highest BCUT2D eigenvalue weighted by molar-refractivity contribution is 5.90. The third-order valence-corrected chi connectivity index (χ3v) is 2.90. The first kappa shape index (κ1) is 9.45. The molecule has 0 amide bonds. The van der Waals surface area contributed by atoms with E-state index in [0.717, 1.165) is 12.3 Å². The van der Waals surface area contributed by atoms with Crippen LogP contribution in [-0.4, -0.2) is 47.9 Å². The summed E-state index contributed by atoms with van der Waals surface area (Å²) in [7, 11) is 0. The Morgan fingerprint density at radius 3 is 2.79 bits per heavy atom. The van der Waals surface area contributed by atoms with Gasteiger partial charge in [0.25, 0.3) is 0 Å². The van der Waals surface area contributed by atoms with Crippen molar-refractivity contribution >= 4 is 11.7 Å². The van der Waals surface area contributed by atoms with Crippen LogP contribution in [-0.2, 0) is 4.79 Å². The van der Waals surface area contributed by atoms with Gasteiger partial charge in [-0.1, -0.05) is 0 Å². The van der Waals surface area contributed by atoms with Crippen molar-refractivity contribution in [2.75, 3.05) is 26.2 Å². The van der Waals surface area contributed by atoms with Gasteiger partial charge in [0.15, 0.2) is 0 Å². The van der Waals surface area contributed by atoms with E-state index in [1.165, 1.54) is 25.9 Å². The van der Waals surface area contributed by atoms with Crippen LogP contribution in [0.4, 0.5) is 0 Å². The van der Waals surface area contributed by atoms with Gasteiger partial charge < -0.3 is 5.11 Å². The molecule has 78 valence electrons. The van der Waals surface area contributed by atoms with E-state index in [2.05, 4.69) is 15.4 Å². The van der Waals surface area contributed by atoms with E-state index in [1.54, 1.807) is 0 Å². The SMILES string of the molecule is O=C(O)CN/N=C1/CN2CCC1CC2. The summed E-state index contributed by atoms with van der Waals surface area (Å²) in [6.07, 6.45) is 2.35.